The molecule has 0 N–H and O–H groups in total. The van der Waals surface area contributed by atoms with Gasteiger partial charge >= 0.3 is 0 Å². The molecular formula is C46H29NO. The third-order valence-corrected chi connectivity index (χ3v) is 9.15. The first kappa shape index (κ1) is 19.3. The monoisotopic (exact) mass is 620 g/mol. The maximum atomic E-state index is 9.25. The Hall–Kier alpha value is -6.38. The van der Waals surface area contributed by atoms with Gasteiger partial charge in [0.25, 0.3) is 0 Å². The maximum Gasteiger partial charge on any atom is 0.135 e. The molecule has 0 amide bonds. The Morgan fingerprint density at radius 3 is 1.94 bits per heavy atom. The molecule has 0 fully saturated rings. The predicted octanol–water partition coefficient (Wildman–Crippen LogP) is 12.7. The molecule has 1 aliphatic heterocycles. The summed E-state index contributed by atoms with van der Waals surface area (Å²) < 4.78 is 87.4. The second-order valence-corrected chi connectivity index (χ2v) is 11.8. The molecule has 2 heteroatoms. The Labute approximate surface area is 291 Å². The van der Waals surface area contributed by atoms with Crippen LogP contribution < -0.4 is 4.74 Å². The molecule has 0 atom stereocenters. The molecule has 2 nitrogen and oxygen atoms in total. The highest BCUT2D eigenvalue weighted by atomic mass is 16.5. The van der Waals surface area contributed by atoms with Gasteiger partial charge in [-0.05, 0) is 92.9 Å². The van der Waals surface area contributed by atoms with E-state index in [1.165, 1.54) is 0 Å². The number of hydrogen-bond acceptors (Lipinski definition) is 1. The summed E-state index contributed by atoms with van der Waals surface area (Å²) in [4.78, 5) is 0. The third-order valence-electron chi connectivity index (χ3n) is 9.15. The van der Waals surface area contributed by atoms with E-state index in [4.69, 9.17) is 11.6 Å². The molecule has 48 heavy (non-hydrogen) atoms. The number of para-hydroxylation sites is 2. The van der Waals surface area contributed by atoms with Crippen LogP contribution in [0.3, 0.4) is 0 Å². The summed E-state index contributed by atoms with van der Waals surface area (Å²) in [5.41, 5.74) is 6.40. The van der Waals surface area contributed by atoms with Gasteiger partial charge in [-0.25, -0.2) is 0 Å². The summed E-state index contributed by atoms with van der Waals surface area (Å²) in [5, 5.41) is 3.27. The average molecular weight is 621 g/mol. The van der Waals surface area contributed by atoms with Crippen molar-refractivity contribution in [3.8, 4) is 61.7 Å². The van der Waals surface area contributed by atoms with E-state index >= 15 is 0 Å². The van der Waals surface area contributed by atoms with E-state index in [-0.39, 0.29) is 52.9 Å². The van der Waals surface area contributed by atoms with Crippen molar-refractivity contribution >= 4 is 32.6 Å². The van der Waals surface area contributed by atoms with E-state index in [0.717, 1.165) is 33.1 Å². The van der Waals surface area contributed by atoms with E-state index in [0.29, 0.717) is 44.5 Å². The first-order valence-corrected chi connectivity index (χ1v) is 15.7. The van der Waals surface area contributed by atoms with Gasteiger partial charge in [-0.1, -0.05) is 127 Å². The zero-order valence-electron chi connectivity index (χ0n) is 34.4. The number of rotatable bonds is 4. The quantitative estimate of drug-likeness (QED) is 0.191. The highest BCUT2D eigenvalue weighted by molar-refractivity contribution is 6.11. The van der Waals surface area contributed by atoms with Crippen molar-refractivity contribution in [2.45, 2.75) is 0 Å². The second-order valence-electron chi connectivity index (χ2n) is 11.8. The molecule has 0 spiro atoms. The molecule has 0 saturated heterocycles. The van der Waals surface area contributed by atoms with Crippen molar-refractivity contribution < 1.29 is 17.1 Å². The van der Waals surface area contributed by atoms with E-state index < -0.39 is 18.1 Å². The second kappa shape index (κ2) is 10.6. The van der Waals surface area contributed by atoms with Crippen LogP contribution in [0.1, 0.15) is 12.3 Å². The molecule has 1 aromatic heterocycles. The van der Waals surface area contributed by atoms with Crippen molar-refractivity contribution in [3.05, 3.63) is 176 Å². The minimum absolute atomic E-state index is 0.0917. The van der Waals surface area contributed by atoms with Gasteiger partial charge in [0.1, 0.15) is 11.5 Å². The van der Waals surface area contributed by atoms with Crippen LogP contribution >= 0.6 is 0 Å². The van der Waals surface area contributed by atoms with Gasteiger partial charge in [0.15, 0.2) is 0 Å². The summed E-state index contributed by atoms with van der Waals surface area (Å²) in [6.45, 7) is 0. The molecule has 10 rings (SSSR count). The SMILES string of the molecule is [2H]c1c([2H])c([2H])c(-c2ccc3c4c(cccc24)-c2cc(-c4c([2H])c([2H])c(-c5ccc6c(c5)c5ccccc5n6-c5ccccc5)c([2H])c4[2H])ccc2O3)c([2H])c1[2H]. The first-order valence-electron chi connectivity index (χ1n) is 20.2. The third kappa shape index (κ3) is 4.13. The lowest BCUT2D eigenvalue weighted by Gasteiger charge is -2.23. The fraction of sp³-hybridized carbons (Fsp3) is 0. The summed E-state index contributed by atoms with van der Waals surface area (Å²) in [6.07, 6.45) is 0. The minimum atomic E-state index is -0.461. The van der Waals surface area contributed by atoms with Gasteiger partial charge in [-0.3, -0.25) is 0 Å². The first-order chi connectivity index (χ1) is 27.5. The summed E-state index contributed by atoms with van der Waals surface area (Å²) in [7, 11) is 0. The van der Waals surface area contributed by atoms with Crippen molar-refractivity contribution in [1.82, 2.24) is 4.57 Å². The topological polar surface area (TPSA) is 14.2 Å². The van der Waals surface area contributed by atoms with Crippen LogP contribution in [0.25, 0.3) is 82.8 Å². The van der Waals surface area contributed by atoms with Crippen molar-refractivity contribution in [1.29, 1.82) is 0 Å². The average Bonchev–Trinajstić information content (AvgIpc) is 3.56. The zero-order chi connectivity index (χ0) is 39.4. The van der Waals surface area contributed by atoms with Crippen molar-refractivity contribution in [2.75, 3.05) is 0 Å². The van der Waals surface area contributed by atoms with Crippen molar-refractivity contribution in [2.24, 2.45) is 0 Å². The summed E-state index contributed by atoms with van der Waals surface area (Å²) in [5.74, 6) is 1.07. The number of nitrogens with zero attached hydrogens (tertiary/aromatic N) is 1. The van der Waals surface area contributed by atoms with Crippen LogP contribution in [-0.2, 0) is 0 Å². The normalized spacial score (nSPS) is 14.5. The van der Waals surface area contributed by atoms with Crippen LogP contribution in [0.5, 0.6) is 11.5 Å². The molecule has 0 unspecified atom stereocenters. The smallest absolute Gasteiger partial charge is 0.135 e. The van der Waals surface area contributed by atoms with Crippen molar-refractivity contribution in [3.63, 3.8) is 0 Å². The van der Waals surface area contributed by atoms with E-state index in [9.17, 15) is 5.48 Å². The molecule has 1 aliphatic rings. The molecular weight excluding hydrogens is 583 g/mol. The number of fused-ring (bicyclic) bond motifs is 5. The Kier molecular flexibility index (Phi) is 4.26. The molecule has 0 saturated carbocycles. The lowest BCUT2D eigenvalue weighted by Crippen LogP contribution is -1.98. The predicted molar refractivity (Wildman–Crippen MR) is 200 cm³/mol. The highest BCUT2D eigenvalue weighted by Crippen LogP contribution is 2.49. The number of hydrogen-bond donors (Lipinski definition) is 0. The largest absolute Gasteiger partial charge is 0.456 e. The minimum Gasteiger partial charge on any atom is -0.456 e. The van der Waals surface area contributed by atoms with Crippen LogP contribution in [0.2, 0.25) is 0 Å². The van der Waals surface area contributed by atoms with Gasteiger partial charge < -0.3 is 9.30 Å². The Morgan fingerprint density at radius 2 is 1.10 bits per heavy atom. The molecule has 8 aromatic carbocycles. The van der Waals surface area contributed by atoms with Gasteiger partial charge in [-0.15, -0.1) is 0 Å². The number of aromatic nitrogens is 1. The molecule has 0 radical (unpaired) electrons. The Morgan fingerprint density at radius 1 is 0.417 bits per heavy atom. The fourth-order valence-corrected chi connectivity index (χ4v) is 6.97. The maximum absolute atomic E-state index is 9.25. The van der Waals surface area contributed by atoms with Crippen LogP contribution in [0.4, 0.5) is 0 Å². The lowest BCUT2D eigenvalue weighted by atomic mass is 9.89. The van der Waals surface area contributed by atoms with Gasteiger partial charge in [0.2, 0.25) is 0 Å². The molecule has 0 bridgehead atoms. The lowest BCUT2D eigenvalue weighted by molar-refractivity contribution is 0.487. The Bertz CT molecular complexity index is 3150. The fourth-order valence-electron chi connectivity index (χ4n) is 6.97. The van der Waals surface area contributed by atoms with E-state index in [1.54, 1.807) is 30.3 Å². The van der Waals surface area contributed by atoms with Crippen LogP contribution in [0.15, 0.2) is 176 Å². The standard InChI is InChI=1S/C46H29NO/c1-3-10-32(11-4-1)36-24-27-45-46-38(36)15-9-16-39(46)41-29-34(23-26-44(41)48-45)31-20-18-30(19-21-31)33-22-25-43-40(28-33)37-14-7-8-17-42(37)47(43)35-12-5-2-6-13-35/h1-29H/i1D,3D,4D,10D,11D,18D,19D,20D,21D. The van der Waals surface area contributed by atoms with Crippen LogP contribution in [0, 0.1) is 0 Å². The zero-order valence-corrected chi connectivity index (χ0v) is 25.4. The van der Waals surface area contributed by atoms with Crippen LogP contribution in [-0.4, -0.2) is 4.57 Å². The number of benzene rings is 8. The number of ether oxygens (including phenoxy) is 1. The molecule has 9 aromatic rings. The molecule has 2 heterocycles. The molecule has 224 valence electrons. The molecule has 0 aliphatic carbocycles. The van der Waals surface area contributed by atoms with E-state index in [2.05, 4.69) is 22.8 Å². The summed E-state index contributed by atoms with van der Waals surface area (Å²) >= 11 is 0. The Balaban J connectivity index is 1.11. The van der Waals surface area contributed by atoms with Gasteiger partial charge in [0, 0.05) is 27.4 Å². The summed E-state index contributed by atoms with van der Waals surface area (Å²) in [6, 6.07) is 35.7. The van der Waals surface area contributed by atoms with Gasteiger partial charge in [-0.2, -0.15) is 0 Å². The highest BCUT2D eigenvalue weighted by Gasteiger charge is 2.22. The van der Waals surface area contributed by atoms with E-state index in [1.807, 2.05) is 72.8 Å². The van der Waals surface area contributed by atoms with Gasteiger partial charge in [0.05, 0.1) is 23.4 Å².